The van der Waals surface area contributed by atoms with Crippen LogP contribution in [0.4, 0.5) is 13.2 Å². The van der Waals surface area contributed by atoms with E-state index in [0.29, 0.717) is 30.0 Å². The molecule has 0 aliphatic carbocycles. The third-order valence-corrected chi connectivity index (χ3v) is 4.52. The molecule has 3 rings (SSSR count). The Morgan fingerprint density at radius 3 is 1.90 bits per heavy atom. The molecule has 0 saturated heterocycles. The van der Waals surface area contributed by atoms with Crippen LogP contribution >= 0.6 is 12.4 Å². The average molecular weight is 450 g/mol. The fourth-order valence-corrected chi connectivity index (χ4v) is 3.13. The minimum Gasteiger partial charge on any atom is -0.508 e. The van der Waals surface area contributed by atoms with Crippen molar-refractivity contribution in [3.05, 3.63) is 95.6 Å². The number of alkyl halides is 3. The van der Waals surface area contributed by atoms with Gasteiger partial charge < -0.3 is 15.2 Å². The van der Waals surface area contributed by atoms with Gasteiger partial charge in [0, 0.05) is 12.1 Å². The van der Waals surface area contributed by atoms with Crippen LogP contribution in [0.2, 0.25) is 0 Å². The summed E-state index contributed by atoms with van der Waals surface area (Å²) in [7, 11) is 1.81. The topological polar surface area (TPSA) is 41.5 Å². The Labute approximate surface area is 185 Å². The molecule has 0 spiro atoms. The van der Waals surface area contributed by atoms with Crippen LogP contribution in [0.3, 0.4) is 0 Å². The van der Waals surface area contributed by atoms with Gasteiger partial charge in [0.15, 0.2) is 0 Å². The van der Waals surface area contributed by atoms with Crippen molar-refractivity contribution in [3.8, 4) is 11.5 Å². The molecule has 0 saturated carbocycles. The molecule has 0 heterocycles. The fraction of sp³-hybridized carbons (Fsp3) is 0.167. The predicted molar refractivity (Wildman–Crippen MR) is 120 cm³/mol. The predicted octanol–water partition coefficient (Wildman–Crippen LogP) is 5.93. The maximum atomic E-state index is 14.3. The maximum absolute atomic E-state index is 14.3. The lowest BCUT2D eigenvalue weighted by Gasteiger charge is -2.20. The highest BCUT2D eigenvalue weighted by Gasteiger charge is 2.38. The number of allylic oxidation sites excluding steroid dienone is 1. The van der Waals surface area contributed by atoms with Gasteiger partial charge in [0.2, 0.25) is 0 Å². The van der Waals surface area contributed by atoms with Crippen molar-refractivity contribution in [1.29, 1.82) is 0 Å². The van der Waals surface area contributed by atoms with E-state index in [1.165, 1.54) is 36.4 Å². The van der Waals surface area contributed by atoms with Crippen LogP contribution in [0.15, 0.2) is 78.9 Å². The molecule has 0 atom stereocenters. The second-order valence-corrected chi connectivity index (χ2v) is 6.64. The van der Waals surface area contributed by atoms with E-state index >= 15 is 0 Å². The molecule has 3 aromatic rings. The van der Waals surface area contributed by atoms with Crippen LogP contribution in [0, 0.1) is 0 Å². The number of halogens is 4. The normalized spacial score (nSPS) is 12.0. The first kappa shape index (κ1) is 24.3. The van der Waals surface area contributed by atoms with Crippen LogP contribution in [0.25, 0.3) is 11.1 Å². The molecule has 0 aromatic heterocycles. The SMILES string of the molecule is CNCCOc1ccc(C(=C(c2ccccc2)C(F)(F)F)c2ccc(O)cc2)cc1.Cl. The lowest BCUT2D eigenvalue weighted by molar-refractivity contribution is -0.0685. The summed E-state index contributed by atoms with van der Waals surface area (Å²) in [6.45, 7) is 1.11. The number of rotatable bonds is 7. The third-order valence-electron chi connectivity index (χ3n) is 4.52. The van der Waals surface area contributed by atoms with E-state index in [-0.39, 0.29) is 29.3 Å². The van der Waals surface area contributed by atoms with Gasteiger partial charge in [-0.3, -0.25) is 0 Å². The van der Waals surface area contributed by atoms with Crippen molar-refractivity contribution in [3.63, 3.8) is 0 Å². The Balaban J connectivity index is 0.00000341. The van der Waals surface area contributed by atoms with Gasteiger partial charge in [-0.15, -0.1) is 12.4 Å². The minimum absolute atomic E-state index is 0. The van der Waals surface area contributed by atoms with Gasteiger partial charge in [0.25, 0.3) is 0 Å². The first-order valence-electron chi connectivity index (χ1n) is 9.44. The fourth-order valence-electron chi connectivity index (χ4n) is 3.13. The van der Waals surface area contributed by atoms with Crippen molar-refractivity contribution in [2.75, 3.05) is 20.2 Å². The number of hydrogen-bond donors (Lipinski definition) is 2. The first-order valence-corrected chi connectivity index (χ1v) is 9.44. The summed E-state index contributed by atoms with van der Waals surface area (Å²) < 4.78 is 48.3. The van der Waals surface area contributed by atoms with Gasteiger partial charge >= 0.3 is 6.18 Å². The number of nitrogens with one attached hydrogen (secondary N) is 1. The van der Waals surface area contributed by atoms with Crippen LogP contribution in [0.1, 0.15) is 16.7 Å². The van der Waals surface area contributed by atoms with E-state index in [4.69, 9.17) is 4.74 Å². The van der Waals surface area contributed by atoms with E-state index in [1.807, 2.05) is 7.05 Å². The second kappa shape index (κ2) is 10.9. The van der Waals surface area contributed by atoms with E-state index in [0.717, 1.165) is 0 Å². The van der Waals surface area contributed by atoms with Gasteiger partial charge in [0.05, 0.1) is 5.57 Å². The zero-order valence-electron chi connectivity index (χ0n) is 16.8. The molecule has 0 aliphatic heterocycles. The van der Waals surface area contributed by atoms with E-state index < -0.39 is 11.7 Å². The van der Waals surface area contributed by atoms with Crippen LogP contribution in [-0.2, 0) is 0 Å². The first-order chi connectivity index (χ1) is 14.4. The van der Waals surface area contributed by atoms with Crippen LogP contribution in [-0.4, -0.2) is 31.5 Å². The number of ether oxygens (including phenoxy) is 1. The van der Waals surface area contributed by atoms with Crippen molar-refractivity contribution >= 4 is 23.6 Å². The van der Waals surface area contributed by atoms with Gasteiger partial charge in [0.1, 0.15) is 18.1 Å². The van der Waals surface area contributed by atoms with Crippen molar-refractivity contribution < 1.29 is 23.0 Å². The molecule has 31 heavy (non-hydrogen) atoms. The summed E-state index contributed by atoms with van der Waals surface area (Å²) in [5.41, 5.74) is 0.126. The highest BCUT2D eigenvalue weighted by molar-refractivity contribution is 6.00. The van der Waals surface area contributed by atoms with Crippen molar-refractivity contribution in [2.24, 2.45) is 0 Å². The summed E-state index contributed by atoms with van der Waals surface area (Å²) >= 11 is 0. The molecule has 3 nitrogen and oxygen atoms in total. The number of hydrogen-bond acceptors (Lipinski definition) is 3. The average Bonchev–Trinajstić information content (AvgIpc) is 2.73. The zero-order valence-corrected chi connectivity index (χ0v) is 17.6. The molecule has 3 aromatic carbocycles. The second-order valence-electron chi connectivity index (χ2n) is 6.64. The van der Waals surface area contributed by atoms with Gasteiger partial charge in [-0.2, -0.15) is 13.2 Å². The molecular formula is C24H23ClF3NO2. The molecule has 2 N–H and O–H groups in total. The molecule has 0 bridgehead atoms. The Hall–Kier alpha value is -2.96. The molecule has 164 valence electrons. The van der Waals surface area contributed by atoms with Crippen LogP contribution in [0.5, 0.6) is 11.5 Å². The van der Waals surface area contributed by atoms with Gasteiger partial charge in [-0.25, -0.2) is 0 Å². The molecule has 0 aliphatic rings. The Morgan fingerprint density at radius 2 is 1.39 bits per heavy atom. The molecule has 0 radical (unpaired) electrons. The van der Waals surface area contributed by atoms with Gasteiger partial charge in [-0.05, 0) is 48.0 Å². The molecule has 0 amide bonds. The molecule has 7 heteroatoms. The number of phenolic OH excluding ortho intramolecular Hbond substituents is 1. The number of phenols is 1. The number of aromatic hydroxyl groups is 1. The summed E-state index contributed by atoms with van der Waals surface area (Å²) in [4.78, 5) is 0. The standard InChI is InChI=1S/C24H22F3NO2.ClH/c1-28-15-16-30-21-13-9-18(10-14-21)22(17-7-11-20(29)12-8-17)23(24(25,26)27)19-5-3-2-4-6-19;/h2-14,28-29H,15-16H2,1H3;1H. The Morgan fingerprint density at radius 1 is 0.839 bits per heavy atom. The summed E-state index contributed by atoms with van der Waals surface area (Å²) in [6.07, 6.45) is -4.59. The van der Waals surface area contributed by atoms with E-state index in [9.17, 15) is 18.3 Å². The van der Waals surface area contributed by atoms with Crippen molar-refractivity contribution in [2.45, 2.75) is 6.18 Å². The minimum atomic E-state index is -4.59. The van der Waals surface area contributed by atoms with Gasteiger partial charge in [-0.1, -0.05) is 54.6 Å². The highest BCUT2D eigenvalue weighted by Crippen LogP contribution is 2.43. The lowest BCUT2D eigenvalue weighted by atomic mass is 9.89. The lowest BCUT2D eigenvalue weighted by Crippen LogP contribution is -2.16. The zero-order chi connectivity index (χ0) is 21.6. The summed E-state index contributed by atoms with van der Waals surface area (Å²) in [6, 6.07) is 20.0. The number of benzene rings is 3. The van der Waals surface area contributed by atoms with E-state index in [1.54, 1.807) is 42.5 Å². The Bertz CT molecular complexity index is 986. The summed E-state index contributed by atoms with van der Waals surface area (Å²) in [5.74, 6) is 0.562. The molecular weight excluding hydrogens is 427 g/mol. The Kier molecular flexibility index (Phi) is 8.54. The monoisotopic (exact) mass is 449 g/mol. The smallest absolute Gasteiger partial charge is 0.417 e. The quantitative estimate of drug-likeness (QED) is 0.347. The molecule has 0 unspecified atom stereocenters. The highest BCUT2D eigenvalue weighted by atomic mass is 35.5. The number of likely N-dealkylation sites (N-methyl/N-ethyl adjacent to an activating group) is 1. The van der Waals surface area contributed by atoms with E-state index in [2.05, 4.69) is 5.32 Å². The van der Waals surface area contributed by atoms with Crippen molar-refractivity contribution in [1.82, 2.24) is 5.32 Å². The summed E-state index contributed by atoms with van der Waals surface area (Å²) in [5, 5.41) is 12.6. The molecule has 0 fully saturated rings. The third kappa shape index (κ3) is 6.26. The van der Waals surface area contributed by atoms with Crippen LogP contribution < -0.4 is 10.1 Å². The maximum Gasteiger partial charge on any atom is 0.417 e. The largest absolute Gasteiger partial charge is 0.508 e.